The molecule has 0 saturated heterocycles. The highest BCUT2D eigenvalue weighted by Gasteiger charge is 2.18. The molecule has 0 aliphatic carbocycles. The Morgan fingerprint density at radius 2 is 1.70 bits per heavy atom. The van der Waals surface area contributed by atoms with E-state index in [1.165, 1.54) is 5.56 Å². The number of hydrogen-bond acceptors (Lipinski definition) is 5. The number of hydrogen-bond donors (Lipinski definition) is 3. The standard InChI is InChI=1S/C18H22N4O/c1-12-18(20)22-16-8-15(6-7-17(16)23-12)11-21-10-14-4-2-13(9-19)3-5-14/h2-8,12,21H,9-11,19H2,1H3,(H2,20,22). The summed E-state index contributed by atoms with van der Waals surface area (Å²) in [4.78, 5) is 4.40. The molecule has 1 aliphatic rings. The van der Waals surface area contributed by atoms with Gasteiger partial charge in [0, 0.05) is 19.6 Å². The Morgan fingerprint density at radius 1 is 1.04 bits per heavy atom. The zero-order valence-electron chi connectivity index (χ0n) is 13.3. The van der Waals surface area contributed by atoms with Gasteiger partial charge in [-0.25, -0.2) is 4.99 Å². The summed E-state index contributed by atoms with van der Waals surface area (Å²) in [6.45, 7) is 4.04. The SMILES string of the molecule is CC1Oc2ccc(CNCc3ccc(CN)cc3)cc2N=C1N. The molecule has 120 valence electrons. The fourth-order valence-corrected chi connectivity index (χ4v) is 2.49. The van der Waals surface area contributed by atoms with Crippen LogP contribution in [0.1, 0.15) is 23.6 Å². The normalized spacial score (nSPS) is 16.4. The molecule has 23 heavy (non-hydrogen) atoms. The van der Waals surface area contributed by atoms with Crippen LogP contribution in [0, 0.1) is 0 Å². The first-order valence-electron chi connectivity index (χ1n) is 7.78. The van der Waals surface area contributed by atoms with E-state index in [2.05, 4.69) is 34.6 Å². The molecule has 2 aromatic carbocycles. The molecule has 0 aromatic heterocycles. The molecule has 0 spiro atoms. The van der Waals surface area contributed by atoms with E-state index in [1.807, 2.05) is 25.1 Å². The highest BCUT2D eigenvalue weighted by atomic mass is 16.5. The summed E-state index contributed by atoms with van der Waals surface area (Å²) in [5.41, 5.74) is 15.8. The monoisotopic (exact) mass is 310 g/mol. The van der Waals surface area contributed by atoms with Gasteiger partial charge in [0.1, 0.15) is 17.3 Å². The average Bonchev–Trinajstić information content (AvgIpc) is 2.57. The van der Waals surface area contributed by atoms with E-state index >= 15 is 0 Å². The van der Waals surface area contributed by atoms with Gasteiger partial charge in [-0.05, 0) is 35.7 Å². The quantitative estimate of drug-likeness (QED) is 0.790. The van der Waals surface area contributed by atoms with Gasteiger partial charge >= 0.3 is 0 Å². The molecule has 5 nitrogen and oxygen atoms in total. The lowest BCUT2D eigenvalue weighted by Gasteiger charge is -2.21. The van der Waals surface area contributed by atoms with Crippen molar-refractivity contribution in [1.82, 2.24) is 5.32 Å². The number of amidine groups is 1. The Hall–Kier alpha value is -2.37. The van der Waals surface area contributed by atoms with Gasteiger partial charge in [-0.1, -0.05) is 30.3 Å². The second kappa shape index (κ2) is 6.81. The zero-order chi connectivity index (χ0) is 16.2. The first-order valence-corrected chi connectivity index (χ1v) is 7.78. The van der Waals surface area contributed by atoms with Crippen molar-refractivity contribution in [3.63, 3.8) is 0 Å². The van der Waals surface area contributed by atoms with Crippen molar-refractivity contribution in [2.75, 3.05) is 0 Å². The third-order valence-electron chi connectivity index (χ3n) is 3.91. The van der Waals surface area contributed by atoms with E-state index in [9.17, 15) is 0 Å². The molecule has 1 heterocycles. The number of nitrogens with two attached hydrogens (primary N) is 2. The zero-order valence-corrected chi connectivity index (χ0v) is 13.3. The van der Waals surface area contributed by atoms with Crippen LogP contribution in [0.25, 0.3) is 0 Å². The summed E-state index contributed by atoms with van der Waals surface area (Å²) in [5, 5.41) is 3.43. The number of fused-ring (bicyclic) bond motifs is 1. The van der Waals surface area contributed by atoms with Crippen LogP contribution in [0.15, 0.2) is 47.5 Å². The molecule has 1 aliphatic heterocycles. The number of nitrogens with zero attached hydrogens (tertiary/aromatic N) is 1. The highest BCUT2D eigenvalue weighted by molar-refractivity contribution is 5.89. The second-order valence-corrected chi connectivity index (χ2v) is 5.72. The number of benzene rings is 2. The molecule has 2 aromatic rings. The first-order chi connectivity index (χ1) is 11.2. The van der Waals surface area contributed by atoms with Crippen molar-refractivity contribution >= 4 is 11.5 Å². The van der Waals surface area contributed by atoms with Crippen molar-refractivity contribution in [1.29, 1.82) is 0 Å². The maximum absolute atomic E-state index is 5.84. The van der Waals surface area contributed by atoms with E-state index in [1.54, 1.807) is 0 Å². The van der Waals surface area contributed by atoms with Crippen LogP contribution in [0.5, 0.6) is 5.75 Å². The van der Waals surface area contributed by atoms with Gasteiger partial charge in [-0.2, -0.15) is 0 Å². The van der Waals surface area contributed by atoms with Gasteiger partial charge in [-0.3, -0.25) is 0 Å². The summed E-state index contributed by atoms with van der Waals surface area (Å²) in [6, 6.07) is 14.3. The van der Waals surface area contributed by atoms with Gasteiger partial charge in [0.25, 0.3) is 0 Å². The summed E-state index contributed by atoms with van der Waals surface area (Å²) in [5.74, 6) is 1.30. The van der Waals surface area contributed by atoms with Crippen molar-refractivity contribution in [3.8, 4) is 5.75 Å². The van der Waals surface area contributed by atoms with E-state index in [0.717, 1.165) is 35.7 Å². The van der Waals surface area contributed by atoms with Crippen LogP contribution in [0.4, 0.5) is 5.69 Å². The molecule has 1 atom stereocenters. The lowest BCUT2D eigenvalue weighted by molar-refractivity contribution is 0.281. The van der Waals surface area contributed by atoms with Crippen LogP contribution in [-0.4, -0.2) is 11.9 Å². The highest BCUT2D eigenvalue weighted by Crippen LogP contribution is 2.32. The molecule has 5 N–H and O–H groups in total. The Bertz CT molecular complexity index is 709. The maximum atomic E-state index is 5.84. The largest absolute Gasteiger partial charge is 0.481 e. The average molecular weight is 310 g/mol. The van der Waals surface area contributed by atoms with Crippen molar-refractivity contribution in [2.24, 2.45) is 16.5 Å². The van der Waals surface area contributed by atoms with Crippen LogP contribution in [-0.2, 0) is 19.6 Å². The maximum Gasteiger partial charge on any atom is 0.153 e. The van der Waals surface area contributed by atoms with Crippen LogP contribution in [0.3, 0.4) is 0 Å². The molecule has 0 radical (unpaired) electrons. The molecule has 0 amide bonds. The second-order valence-electron chi connectivity index (χ2n) is 5.72. The Balaban J connectivity index is 1.60. The predicted molar refractivity (Wildman–Crippen MR) is 92.7 cm³/mol. The smallest absolute Gasteiger partial charge is 0.153 e. The van der Waals surface area contributed by atoms with Gasteiger partial charge < -0.3 is 21.5 Å². The Labute approximate surface area is 136 Å². The number of aliphatic imine (C=N–C) groups is 1. The van der Waals surface area contributed by atoms with Crippen LogP contribution >= 0.6 is 0 Å². The molecular weight excluding hydrogens is 288 g/mol. The van der Waals surface area contributed by atoms with Crippen molar-refractivity contribution < 1.29 is 4.74 Å². The third kappa shape index (κ3) is 3.70. The van der Waals surface area contributed by atoms with Crippen molar-refractivity contribution in [3.05, 3.63) is 59.2 Å². The summed E-state index contributed by atoms with van der Waals surface area (Å²) in [7, 11) is 0. The number of nitrogens with one attached hydrogen (secondary N) is 1. The fraction of sp³-hybridized carbons (Fsp3) is 0.278. The lowest BCUT2D eigenvalue weighted by atomic mass is 10.1. The van der Waals surface area contributed by atoms with Gasteiger partial charge in [0.15, 0.2) is 6.10 Å². The summed E-state index contributed by atoms with van der Waals surface area (Å²) in [6.07, 6.45) is -0.164. The van der Waals surface area contributed by atoms with Crippen molar-refractivity contribution in [2.45, 2.75) is 32.7 Å². The van der Waals surface area contributed by atoms with E-state index < -0.39 is 0 Å². The molecule has 3 rings (SSSR count). The van der Waals surface area contributed by atoms with Gasteiger partial charge in [0.2, 0.25) is 0 Å². The predicted octanol–water partition coefficient (Wildman–Crippen LogP) is 2.20. The molecular formula is C18H22N4O. The Kier molecular flexibility index (Phi) is 4.60. The molecule has 0 fully saturated rings. The minimum absolute atomic E-state index is 0.164. The summed E-state index contributed by atoms with van der Waals surface area (Å²) >= 11 is 0. The first kappa shape index (κ1) is 15.5. The third-order valence-corrected chi connectivity index (χ3v) is 3.91. The molecule has 1 unspecified atom stereocenters. The fourth-order valence-electron chi connectivity index (χ4n) is 2.49. The number of ether oxygens (including phenoxy) is 1. The minimum Gasteiger partial charge on any atom is -0.481 e. The van der Waals surface area contributed by atoms with E-state index in [0.29, 0.717) is 12.4 Å². The topological polar surface area (TPSA) is 85.7 Å². The van der Waals surface area contributed by atoms with Crippen LogP contribution < -0.4 is 21.5 Å². The number of rotatable bonds is 5. The molecule has 0 bridgehead atoms. The lowest BCUT2D eigenvalue weighted by Crippen LogP contribution is -2.33. The molecule has 0 saturated carbocycles. The van der Waals surface area contributed by atoms with Gasteiger partial charge in [0.05, 0.1) is 0 Å². The minimum atomic E-state index is -0.164. The Morgan fingerprint density at radius 3 is 2.43 bits per heavy atom. The molecule has 5 heteroatoms. The summed E-state index contributed by atoms with van der Waals surface area (Å²) < 4.78 is 5.71. The van der Waals surface area contributed by atoms with E-state index in [4.69, 9.17) is 16.2 Å². The van der Waals surface area contributed by atoms with Gasteiger partial charge in [-0.15, -0.1) is 0 Å². The van der Waals surface area contributed by atoms with Crippen LogP contribution in [0.2, 0.25) is 0 Å². The van der Waals surface area contributed by atoms with E-state index in [-0.39, 0.29) is 6.10 Å².